The normalized spacial score (nSPS) is 19.2. The Bertz CT molecular complexity index is 659. The molecule has 0 saturated carbocycles. The number of imidazole rings is 1. The number of rotatable bonds is 2. The Kier molecular flexibility index (Phi) is 3.86. The minimum absolute atomic E-state index is 0.222. The quantitative estimate of drug-likeness (QED) is 0.628. The number of allylic oxidation sites excluding steroid dienone is 2. The summed E-state index contributed by atoms with van der Waals surface area (Å²) < 4.78 is 6.91. The van der Waals surface area contributed by atoms with Gasteiger partial charge in [0.25, 0.3) is 0 Å². The molecule has 108 valence electrons. The van der Waals surface area contributed by atoms with Gasteiger partial charge >= 0.3 is 5.97 Å². The highest BCUT2D eigenvalue weighted by molar-refractivity contribution is 5.75. The lowest BCUT2D eigenvalue weighted by molar-refractivity contribution is -0.144. The molecule has 1 aromatic carbocycles. The van der Waals surface area contributed by atoms with Gasteiger partial charge in [-0.1, -0.05) is 42.5 Å². The van der Waals surface area contributed by atoms with Gasteiger partial charge in [0.2, 0.25) is 0 Å². The number of carbonyl (C=O) groups is 1. The van der Waals surface area contributed by atoms with Crippen molar-refractivity contribution in [2.75, 3.05) is 7.11 Å². The Morgan fingerprint density at radius 2 is 2.10 bits per heavy atom. The first-order chi connectivity index (χ1) is 10.3. The Labute approximate surface area is 124 Å². The smallest absolute Gasteiger partial charge is 0.329 e. The van der Waals surface area contributed by atoms with Crippen LogP contribution in [0, 0.1) is 0 Å². The van der Waals surface area contributed by atoms with Gasteiger partial charge in [0.05, 0.1) is 19.1 Å². The predicted molar refractivity (Wildman–Crippen MR) is 80.8 cm³/mol. The summed E-state index contributed by atoms with van der Waals surface area (Å²) in [6.07, 6.45) is 8.41. The first-order valence-electron chi connectivity index (χ1n) is 7.15. The number of nitrogens with zero attached hydrogens (tertiary/aromatic N) is 2. The number of aromatic nitrogens is 2. The Balaban J connectivity index is 2.07. The minimum Gasteiger partial charge on any atom is -0.467 e. The van der Waals surface area contributed by atoms with Crippen molar-refractivity contribution in [3.8, 4) is 11.3 Å². The molecule has 3 rings (SSSR count). The van der Waals surface area contributed by atoms with E-state index < -0.39 is 0 Å². The summed E-state index contributed by atoms with van der Waals surface area (Å²) in [5, 5.41) is 0. The third kappa shape index (κ3) is 2.61. The average Bonchev–Trinajstić information content (AvgIpc) is 2.90. The number of methoxy groups -OCH3 is 1. The fourth-order valence-electron chi connectivity index (χ4n) is 2.76. The maximum atomic E-state index is 12.0. The molecular weight excluding hydrogens is 264 g/mol. The lowest BCUT2D eigenvalue weighted by Crippen LogP contribution is -2.22. The lowest BCUT2D eigenvalue weighted by Gasteiger charge is -2.19. The summed E-state index contributed by atoms with van der Waals surface area (Å²) in [5.74, 6) is -0.222. The molecule has 1 aliphatic rings. The number of hydrogen-bond acceptors (Lipinski definition) is 3. The largest absolute Gasteiger partial charge is 0.467 e. The molecule has 4 heteroatoms. The zero-order valence-corrected chi connectivity index (χ0v) is 12.0. The molecule has 2 heterocycles. The molecule has 0 spiro atoms. The highest BCUT2D eigenvalue weighted by Crippen LogP contribution is 2.29. The van der Waals surface area contributed by atoms with Crippen molar-refractivity contribution in [1.82, 2.24) is 9.55 Å². The molecule has 0 bridgehead atoms. The van der Waals surface area contributed by atoms with E-state index in [1.165, 1.54) is 7.11 Å². The van der Waals surface area contributed by atoms with Crippen molar-refractivity contribution in [2.45, 2.75) is 25.3 Å². The molecule has 0 saturated heterocycles. The van der Waals surface area contributed by atoms with E-state index >= 15 is 0 Å². The summed E-state index contributed by atoms with van der Waals surface area (Å²) >= 11 is 0. The van der Waals surface area contributed by atoms with Crippen LogP contribution in [0.2, 0.25) is 0 Å². The third-order valence-corrected chi connectivity index (χ3v) is 3.83. The molecule has 0 radical (unpaired) electrons. The first-order valence-corrected chi connectivity index (χ1v) is 7.15. The van der Waals surface area contributed by atoms with Gasteiger partial charge in [0.1, 0.15) is 6.04 Å². The number of hydrogen-bond donors (Lipinski definition) is 0. The zero-order valence-electron chi connectivity index (χ0n) is 12.0. The van der Waals surface area contributed by atoms with Gasteiger partial charge in [-0.2, -0.15) is 0 Å². The van der Waals surface area contributed by atoms with Crippen molar-refractivity contribution >= 4 is 5.97 Å². The highest BCUT2D eigenvalue weighted by Gasteiger charge is 2.25. The molecule has 1 aromatic heterocycles. The molecule has 0 fully saturated rings. The van der Waals surface area contributed by atoms with Gasteiger partial charge in [-0.05, 0) is 19.3 Å². The molecule has 1 unspecified atom stereocenters. The molecule has 0 aliphatic carbocycles. The molecule has 2 aromatic rings. The van der Waals surface area contributed by atoms with Crippen LogP contribution in [-0.2, 0) is 16.0 Å². The van der Waals surface area contributed by atoms with Crippen LogP contribution < -0.4 is 0 Å². The molecular formula is C17H18N2O2. The number of carbonyl (C=O) groups excluding carboxylic acids is 1. The maximum absolute atomic E-state index is 12.0. The van der Waals surface area contributed by atoms with E-state index in [1.807, 2.05) is 41.0 Å². The Hall–Kier alpha value is -2.36. The lowest BCUT2D eigenvalue weighted by atomic mass is 10.0. The van der Waals surface area contributed by atoms with Crippen molar-refractivity contribution < 1.29 is 9.53 Å². The molecule has 4 nitrogen and oxygen atoms in total. The summed E-state index contributed by atoms with van der Waals surface area (Å²) in [4.78, 5) is 16.6. The number of esters is 1. The van der Waals surface area contributed by atoms with E-state index in [-0.39, 0.29) is 12.0 Å². The number of benzene rings is 1. The Morgan fingerprint density at radius 1 is 1.29 bits per heavy atom. The predicted octanol–water partition coefficient (Wildman–Crippen LogP) is 3.16. The molecule has 0 N–H and O–H groups in total. The van der Waals surface area contributed by atoms with Crippen LogP contribution in [0.4, 0.5) is 0 Å². The summed E-state index contributed by atoms with van der Waals surface area (Å²) in [7, 11) is 1.43. The van der Waals surface area contributed by atoms with Gasteiger partial charge in [-0.3, -0.25) is 0 Å². The molecule has 0 amide bonds. The van der Waals surface area contributed by atoms with E-state index in [4.69, 9.17) is 4.74 Å². The van der Waals surface area contributed by atoms with Crippen LogP contribution in [0.25, 0.3) is 11.3 Å². The van der Waals surface area contributed by atoms with Crippen molar-refractivity contribution in [3.05, 3.63) is 54.5 Å². The second-order valence-electron chi connectivity index (χ2n) is 5.10. The van der Waals surface area contributed by atoms with Crippen LogP contribution in [0.3, 0.4) is 0 Å². The monoisotopic (exact) mass is 282 g/mol. The highest BCUT2D eigenvalue weighted by atomic mass is 16.5. The summed E-state index contributed by atoms with van der Waals surface area (Å²) in [5.41, 5.74) is 3.14. The zero-order chi connectivity index (χ0) is 14.7. The van der Waals surface area contributed by atoms with E-state index in [0.717, 1.165) is 29.8 Å². The molecule has 21 heavy (non-hydrogen) atoms. The second-order valence-corrected chi connectivity index (χ2v) is 5.10. The second kappa shape index (κ2) is 5.95. The van der Waals surface area contributed by atoms with E-state index in [1.54, 1.807) is 6.33 Å². The van der Waals surface area contributed by atoms with Crippen LogP contribution >= 0.6 is 0 Å². The minimum atomic E-state index is -0.327. The maximum Gasteiger partial charge on any atom is 0.329 e. The first kappa shape index (κ1) is 13.6. The van der Waals surface area contributed by atoms with Crippen LogP contribution in [0.5, 0.6) is 0 Å². The van der Waals surface area contributed by atoms with Gasteiger partial charge in [0.15, 0.2) is 0 Å². The van der Waals surface area contributed by atoms with Gasteiger partial charge in [0, 0.05) is 11.3 Å². The van der Waals surface area contributed by atoms with Crippen molar-refractivity contribution in [1.29, 1.82) is 0 Å². The molecule has 1 aliphatic heterocycles. The number of fused-ring (bicyclic) bond motifs is 1. The topological polar surface area (TPSA) is 44.1 Å². The Morgan fingerprint density at radius 3 is 2.86 bits per heavy atom. The van der Waals surface area contributed by atoms with Crippen molar-refractivity contribution in [2.24, 2.45) is 0 Å². The van der Waals surface area contributed by atoms with Gasteiger partial charge < -0.3 is 9.30 Å². The summed E-state index contributed by atoms with van der Waals surface area (Å²) in [6, 6.07) is 9.76. The number of ether oxygens (including phenoxy) is 1. The van der Waals surface area contributed by atoms with Crippen molar-refractivity contribution in [3.63, 3.8) is 0 Å². The van der Waals surface area contributed by atoms with E-state index in [0.29, 0.717) is 6.42 Å². The van der Waals surface area contributed by atoms with E-state index in [9.17, 15) is 4.79 Å². The van der Waals surface area contributed by atoms with E-state index in [2.05, 4.69) is 11.1 Å². The van der Waals surface area contributed by atoms with Crippen LogP contribution in [0.1, 0.15) is 24.6 Å². The fourth-order valence-corrected chi connectivity index (χ4v) is 2.76. The van der Waals surface area contributed by atoms with Gasteiger partial charge in [-0.15, -0.1) is 0 Å². The van der Waals surface area contributed by atoms with Gasteiger partial charge in [-0.25, -0.2) is 9.78 Å². The fraction of sp³-hybridized carbons (Fsp3) is 0.294. The molecule has 1 atom stereocenters. The average molecular weight is 282 g/mol. The third-order valence-electron chi connectivity index (χ3n) is 3.83. The standard InChI is InChI=1S/C17H18N2O2/c1-21-17(20)15-11-7-3-6-10-14-16(18-12-19(14)15)13-8-4-2-5-9-13/h2-5,7-9,12,15H,6,10-11H2,1H3/b7-3-. The SMILES string of the molecule is COC(=O)C1C/C=C\CCc2c(-c3ccccc3)ncn21. The van der Waals surface area contributed by atoms with Crippen LogP contribution in [0.15, 0.2) is 48.8 Å². The summed E-state index contributed by atoms with van der Waals surface area (Å²) in [6.45, 7) is 0. The van der Waals surface area contributed by atoms with Crippen LogP contribution in [-0.4, -0.2) is 22.6 Å².